The zero-order chi connectivity index (χ0) is 18.0. The number of hydrogen-bond acceptors (Lipinski definition) is 3. The highest BCUT2D eigenvalue weighted by molar-refractivity contribution is 5.67. The van der Waals surface area contributed by atoms with Gasteiger partial charge in [0, 0.05) is 18.2 Å². The van der Waals surface area contributed by atoms with Gasteiger partial charge >= 0.3 is 6.18 Å². The predicted molar refractivity (Wildman–Crippen MR) is 89.6 cm³/mol. The van der Waals surface area contributed by atoms with E-state index in [1.807, 2.05) is 31.2 Å². The molecule has 1 aromatic carbocycles. The van der Waals surface area contributed by atoms with Gasteiger partial charge in [0.1, 0.15) is 11.4 Å². The van der Waals surface area contributed by atoms with Crippen LogP contribution in [0.3, 0.4) is 0 Å². The van der Waals surface area contributed by atoms with Crippen molar-refractivity contribution in [2.24, 2.45) is 5.73 Å². The summed E-state index contributed by atoms with van der Waals surface area (Å²) in [4.78, 5) is 4.50. The molecule has 0 aliphatic rings. The molecule has 0 atom stereocenters. The fourth-order valence-corrected chi connectivity index (χ4v) is 2.74. The largest absolute Gasteiger partial charge is 0.494 e. The fourth-order valence-electron chi connectivity index (χ4n) is 2.74. The van der Waals surface area contributed by atoms with Crippen LogP contribution in [0.1, 0.15) is 18.2 Å². The van der Waals surface area contributed by atoms with Crippen LogP contribution in [0.25, 0.3) is 16.9 Å². The number of imidazole rings is 1. The van der Waals surface area contributed by atoms with Crippen molar-refractivity contribution in [3.05, 3.63) is 53.9 Å². The predicted octanol–water partition coefficient (Wildman–Crippen LogP) is 3.92. The maximum atomic E-state index is 13.0. The molecule has 132 valence electrons. The van der Waals surface area contributed by atoms with E-state index < -0.39 is 11.7 Å². The van der Waals surface area contributed by atoms with Gasteiger partial charge in [-0.2, -0.15) is 13.2 Å². The molecule has 0 spiro atoms. The Morgan fingerprint density at radius 3 is 2.44 bits per heavy atom. The Morgan fingerprint density at radius 1 is 1.12 bits per heavy atom. The second-order valence-electron chi connectivity index (χ2n) is 5.55. The smallest absolute Gasteiger partial charge is 0.417 e. The molecule has 4 nitrogen and oxygen atoms in total. The Balaban J connectivity index is 2.12. The molecule has 7 heteroatoms. The van der Waals surface area contributed by atoms with Crippen molar-refractivity contribution in [3.63, 3.8) is 0 Å². The minimum Gasteiger partial charge on any atom is -0.494 e. The van der Waals surface area contributed by atoms with E-state index >= 15 is 0 Å². The number of benzene rings is 1. The van der Waals surface area contributed by atoms with Gasteiger partial charge < -0.3 is 14.9 Å². The number of nitrogens with two attached hydrogens (primary N) is 1. The van der Waals surface area contributed by atoms with Crippen molar-refractivity contribution in [3.8, 4) is 17.0 Å². The maximum absolute atomic E-state index is 13.0. The quantitative estimate of drug-likeness (QED) is 0.760. The van der Waals surface area contributed by atoms with E-state index in [9.17, 15) is 13.2 Å². The fraction of sp³-hybridized carbons (Fsp3) is 0.278. The third-order valence-corrected chi connectivity index (χ3v) is 3.86. The molecule has 0 amide bonds. The second-order valence-corrected chi connectivity index (χ2v) is 5.55. The summed E-state index contributed by atoms with van der Waals surface area (Å²) >= 11 is 0. The molecule has 3 aromatic rings. The normalized spacial score (nSPS) is 11.9. The number of fused-ring (bicyclic) bond motifs is 1. The Bertz CT molecular complexity index is 870. The van der Waals surface area contributed by atoms with Crippen molar-refractivity contribution in [2.45, 2.75) is 19.5 Å². The molecule has 0 saturated carbocycles. The molecule has 0 aliphatic carbocycles. The van der Waals surface area contributed by atoms with Gasteiger partial charge in [0.05, 0.1) is 23.6 Å². The van der Waals surface area contributed by atoms with Crippen molar-refractivity contribution in [1.29, 1.82) is 0 Å². The molecule has 2 heterocycles. The van der Waals surface area contributed by atoms with Crippen LogP contribution in [0.15, 0.2) is 42.6 Å². The summed E-state index contributed by atoms with van der Waals surface area (Å²) in [7, 11) is 0. The molecular weight excluding hydrogens is 331 g/mol. The highest BCUT2D eigenvalue weighted by Gasteiger charge is 2.31. The zero-order valence-electron chi connectivity index (χ0n) is 13.7. The van der Waals surface area contributed by atoms with E-state index in [0.29, 0.717) is 36.6 Å². The third kappa shape index (κ3) is 3.46. The van der Waals surface area contributed by atoms with Gasteiger partial charge in [-0.3, -0.25) is 0 Å². The molecule has 0 unspecified atom stereocenters. The summed E-state index contributed by atoms with van der Waals surface area (Å²) < 4.78 is 45.9. The lowest BCUT2D eigenvalue weighted by molar-refractivity contribution is -0.137. The molecule has 0 bridgehead atoms. The number of ether oxygens (including phenoxy) is 1. The van der Waals surface area contributed by atoms with Gasteiger partial charge in [-0.05, 0) is 49.9 Å². The SMILES string of the molecule is CCOc1ccc(-c2nc3ccc(C(F)(F)F)cn3c2CCN)cc1. The van der Waals surface area contributed by atoms with E-state index in [2.05, 4.69) is 4.98 Å². The van der Waals surface area contributed by atoms with Crippen molar-refractivity contribution in [1.82, 2.24) is 9.38 Å². The zero-order valence-corrected chi connectivity index (χ0v) is 13.7. The molecule has 3 rings (SSSR count). The monoisotopic (exact) mass is 349 g/mol. The lowest BCUT2D eigenvalue weighted by Gasteiger charge is -2.09. The minimum atomic E-state index is -4.41. The van der Waals surface area contributed by atoms with Crippen LogP contribution in [0.5, 0.6) is 5.75 Å². The lowest BCUT2D eigenvalue weighted by Crippen LogP contribution is -2.09. The Kier molecular flexibility index (Phi) is 4.67. The van der Waals surface area contributed by atoms with Crippen molar-refractivity contribution in [2.75, 3.05) is 13.2 Å². The number of halogens is 3. The topological polar surface area (TPSA) is 52.5 Å². The highest BCUT2D eigenvalue weighted by atomic mass is 19.4. The van der Waals surface area contributed by atoms with Crippen molar-refractivity contribution < 1.29 is 17.9 Å². The van der Waals surface area contributed by atoms with Crippen LogP contribution < -0.4 is 10.5 Å². The first-order valence-corrected chi connectivity index (χ1v) is 7.95. The molecule has 0 fully saturated rings. The summed E-state index contributed by atoms with van der Waals surface area (Å²) in [5.74, 6) is 0.731. The van der Waals surface area contributed by atoms with Crippen LogP contribution >= 0.6 is 0 Å². The first kappa shape index (κ1) is 17.3. The number of alkyl halides is 3. The number of nitrogens with zero attached hydrogens (tertiary/aromatic N) is 2. The summed E-state index contributed by atoms with van der Waals surface area (Å²) in [6.45, 7) is 2.77. The van der Waals surface area contributed by atoms with Gasteiger partial charge in [-0.15, -0.1) is 0 Å². The molecule has 2 N–H and O–H groups in total. The highest BCUT2D eigenvalue weighted by Crippen LogP contribution is 2.32. The maximum Gasteiger partial charge on any atom is 0.417 e. The van der Waals surface area contributed by atoms with E-state index in [4.69, 9.17) is 10.5 Å². The molecule has 0 saturated heterocycles. The molecule has 0 aliphatic heterocycles. The average Bonchev–Trinajstić information content (AvgIpc) is 2.93. The Hall–Kier alpha value is -2.54. The summed E-state index contributed by atoms with van der Waals surface area (Å²) in [5, 5.41) is 0. The Labute approximate surface area is 143 Å². The minimum absolute atomic E-state index is 0.314. The molecule has 2 aromatic heterocycles. The van der Waals surface area contributed by atoms with E-state index in [1.165, 1.54) is 10.5 Å². The standard InChI is InChI=1S/C18H18F3N3O/c1-2-25-14-6-3-12(4-7-14)17-15(9-10-22)24-11-13(18(19,20)21)5-8-16(24)23-17/h3-8,11H,2,9-10,22H2,1H3. The lowest BCUT2D eigenvalue weighted by atomic mass is 10.1. The summed E-state index contributed by atoms with van der Waals surface area (Å²) in [5.41, 5.74) is 7.51. The van der Waals surface area contributed by atoms with Gasteiger partial charge in [-0.25, -0.2) is 4.98 Å². The first-order valence-electron chi connectivity index (χ1n) is 7.95. The van der Waals surface area contributed by atoms with Gasteiger partial charge in [-0.1, -0.05) is 0 Å². The number of pyridine rings is 1. The number of hydrogen-bond donors (Lipinski definition) is 1. The molecular formula is C18H18F3N3O. The second kappa shape index (κ2) is 6.76. The number of rotatable bonds is 5. The molecule has 25 heavy (non-hydrogen) atoms. The number of aromatic nitrogens is 2. The van der Waals surface area contributed by atoms with Crippen LogP contribution in [0.2, 0.25) is 0 Å². The summed E-state index contributed by atoms with van der Waals surface area (Å²) in [6, 6.07) is 9.73. The van der Waals surface area contributed by atoms with Gasteiger partial charge in [0.15, 0.2) is 0 Å². The molecule has 0 radical (unpaired) electrons. The Morgan fingerprint density at radius 2 is 1.84 bits per heavy atom. The van der Waals surface area contributed by atoms with Crippen LogP contribution in [-0.4, -0.2) is 22.5 Å². The summed E-state index contributed by atoms with van der Waals surface area (Å²) in [6.07, 6.45) is -2.91. The van der Waals surface area contributed by atoms with Crippen LogP contribution in [-0.2, 0) is 12.6 Å². The van der Waals surface area contributed by atoms with E-state index in [1.54, 1.807) is 0 Å². The average molecular weight is 349 g/mol. The van der Waals surface area contributed by atoms with Crippen LogP contribution in [0, 0.1) is 0 Å². The van der Waals surface area contributed by atoms with E-state index in [-0.39, 0.29) is 0 Å². The van der Waals surface area contributed by atoms with Crippen molar-refractivity contribution >= 4 is 5.65 Å². The third-order valence-electron chi connectivity index (χ3n) is 3.86. The van der Waals surface area contributed by atoms with E-state index in [0.717, 1.165) is 23.6 Å². The van der Waals surface area contributed by atoms with Gasteiger partial charge in [0.25, 0.3) is 0 Å². The van der Waals surface area contributed by atoms with Crippen LogP contribution in [0.4, 0.5) is 13.2 Å². The van der Waals surface area contributed by atoms with Gasteiger partial charge in [0.2, 0.25) is 0 Å². The first-order chi connectivity index (χ1) is 11.9.